The van der Waals surface area contributed by atoms with E-state index in [1.165, 1.54) is 17.8 Å². The Bertz CT molecular complexity index is 475. The van der Waals surface area contributed by atoms with Crippen molar-refractivity contribution in [3.8, 4) is 0 Å². The van der Waals surface area contributed by atoms with Gasteiger partial charge in [-0.25, -0.2) is 9.97 Å². The lowest BCUT2D eigenvalue weighted by Crippen LogP contribution is -1.88. The number of halogens is 2. The summed E-state index contributed by atoms with van der Waals surface area (Å²) in [4.78, 5) is 8.80. The molecular weight excluding hydrogens is 375 g/mol. The van der Waals surface area contributed by atoms with E-state index in [0.717, 1.165) is 29.6 Å². The smallest absolute Gasteiger partial charge is 0.183 e. The summed E-state index contributed by atoms with van der Waals surface area (Å²) in [5, 5.41) is 0.551. The Morgan fingerprint density at radius 2 is 1.68 bits per heavy atom. The lowest BCUT2D eigenvalue weighted by atomic mass is 10.2. The van der Waals surface area contributed by atoms with E-state index in [0.29, 0.717) is 9.62 Å². The van der Waals surface area contributed by atoms with Gasteiger partial charge in [0.15, 0.2) is 4.47 Å². The highest BCUT2D eigenvalue weighted by atomic mass is 35.5. The van der Waals surface area contributed by atoms with Crippen LogP contribution in [0.3, 0.4) is 0 Å². The molecule has 3 nitrogen and oxygen atoms in total. The van der Waals surface area contributed by atoms with Gasteiger partial charge in [0.1, 0.15) is 5.15 Å². The molecule has 0 aromatic carbocycles. The zero-order valence-corrected chi connectivity index (χ0v) is 14.8. The zero-order valence-electron chi connectivity index (χ0n) is 12.5. The average molecular weight is 411 g/mol. The molecule has 0 saturated carbocycles. The molecule has 6 heteroatoms. The van der Waals surface area contributed by atoms with Crippen molar-refractivity contribution in [2.75, 3.05) is 13.2 Å². The number of aromatic nitrogens is 2. The molecule has 0 N–H and O–H groups in total. The maximum absolute atomic E-state index is 5.50. The van der Waals surface area contributed by atoms with E-state index in [4.69, 9.17) is 27.9 Å². The zero-order chi connectivity index (χ0) is 15.7. The van der Waals surface area contributed by atoms with Gasteiger partial charge in [0, 0.05) is 30.5 Å². The van der Waals surface area contributed by atoms with Crippen molar-refractivity contribution in [2.45, 2.75) is 56.9 Å². The van der Waals surface area contributed by atoms with Crippen LogP contribution in [0, 0.1) is 19.8 Å². The molecule has 2 aromatic rings. The summed E-state index contributed by atoms with van der Waals surface area (Å²) in [5.41, 5.74) is 1.13. The monoisotopic (exact) mass is 410 g/mol. The molecule has 3 heterocycles. The van der Waals surface area contributed by atoms with Crippen molar-refractivity contribution in [1.82, 2.24) is 9.97 Å². The number of aryl methyl sites for hydroxylation is 2. The number of rotatable bonds is 0. The molecule has 1 aliphatic rings. The van der Waals surface area contributed by atoms with Crippen LogP contribution >= 0.6 is 34.5 Å². The van der Waals surface area contributed by atoms with Crippen LogP contribution in [0.25, 0.3) is 0 Å². The van der Waals surface area contributed by atoms with E-state index < -0.39 is 0 Å². The first-order valence-corrected chi connectivity index (χ1v) is 8.28. The van der Waals surface area contributed by atoms with Gasteiger partial charge in [0.2, 0.25) is 0 Å². The SMILES string of the molecule is C.C.C.C.CC1CCOC1.Cc1ccc(Cl)nc1.Cc1cnc(Cl)s1. The standard InChI is InChI=1S/C6H6ClN.C5H10O.C4H4ClNS.4CH4/c1-5-2-3-6(7)8-4-5;1-5-2-3-6-4-5;1-3-2-6-4(5)7-3;;;;/h2-4H,1H3;5H,2-4H2,1H3;2H,1H3;4*1H4. The van der Waals surface area contributed by atoms with Gasteiger partial charge in [0.25, 0.3) is 0 Å². The third-order valence-electron chi connectivity index (χ3n) is 2.63. The highest BCUT2D eigenvalue weighted by molar-refractivity contribution is 7.15. The van der Waals surface area contributed by atoms with Crippen LogP contribution in [0.5, 0.6) is 0 Å². The van der Waals surface area contributed by atoms with E-state index >= 15 is 0 Å². The second-order valence-electron chi connectivity index (χ2n) is 4.85. The molecular formula is C19H36Cl2N2OS. The van der Waals surface area contributed by atoms with Gasteiger partial charge in [-0.1, -0.05) is 65.9 Å². The second-order valence-corrected chi connectivity index (χ2v) is 7.06. The van der Waals surface area contributed by atoms with Crippen molar-refractivity contribution >= 4 is 34.5 Å². The Morgan fingerprint density at radius 1 is 1.04 bits per heavy atom. The summed E-state index contributed by atoms with van der Waals surface area (Å²) in [7, 11) is 0. The average Bonchev–Trinajstić information content (AvgIpc) is 3.06. The Kier molecular flexibility index (Phi) is 23.2. The van der Waals surface area contributed by atoms with Crippen LogP contribution in [-0.2, 0) is 4.74 Å². The van der Waals surface area contributed by atoms with Gasteiger partial charge in [0.05, 0.1) is 0 Å². The van der Waals surface area contributed by atoms with Crippen LogP contribution < -0.4 is 0 Å². The summed E-state index contributed by atoms with van der Waals surface area (Å²) in [5.74, 6) is 0.824. The molecule has 1 saturated heterocycles. The molecule has 148 valence electrons. The van der Waals surface area contributed by atoms with Gasteiger partial charge < -0.3 is 4.74 Å². The highest BCUT2D eigenvalue weighted by Crippen LogP contribution is 2.15. The number of ether oxygens (including phenoxy) is 1. The fourth-order valence-electron chi connectivity index (χ4n) is 1.43. The first-order chi connectivity index (χ1) is 9.97. The quantitative estimate of drug-likeness (QED) is 0.416. The minimum absolute atomic E-state index is 0. The molecule has 2 aromatic heterocycles. The van der Waals surface area contributed by atoms with Gasteiger partial charge in [-0.05, 0) is 37.8 Å². The normalized spacial score (nSPS) is 13.9. The lowest BCUT2D eigenvalue weighted by Gasteiger charge is -1.89. The number of nitrogens with zero attached hydrogens (tertiary/aromatic N) is 2. The number of pyridine rings is 1. The van der Waals surface area contributed by atoms with Gasteiger partial charge in [-0.3, -0.25) is 0 Å². The van der Waals surface area contributed by atoms with E-state index in [1.807, 2.05) is 19.9 Å². The highest BCUT2D eigenvalue weighted by Gasteiger charge is 2.07. The van der Waals surface area contributed by atoms with Crippen LogP contribution in [0.2, 0.25) is 9.62 Å². The van der Waals surface area contributed by atoms with Gasteiger partial charge in [-0.15, -0.1) is 11.3 Å². The topological polar surface area (TPSA) is 35.0 Å². The lowest BCUT2D eigenvalue weighted by molar-refractivity contribution is 0.188. The summed E-state index contributed by atoms with van der Waals surface area (Å²) in [6.07, 6.45) is 4.76. The first kappa shape index (κ1) is 32.0. The molecule has 0 radical (unpaired) electrons. The Hall–Kier alpha value is -0.680. The summed E-state index contributed by atoms with van der Waals surface area (Å²) in [6, 6.07) is 3.70. The minimum Gasteiger partial charge on any atom is -0.381 e. The second kappa shape index (κ2) is 18.1. The van der Waals surface area contributed by atoms with Crippen LogP contribution in [-0.4, -0.2) is 23.2 Å². The molecule has 0 bridgehead atoms. The third kappa shape index (κ3) is 16.5. The van der Waals surface area contributed by atoms with Gasteiger partial charge in [-0.2, -0.15) is 0 Å². The molecule has 1 fully saturated rings. The number of hydrogen-bond acceptors (Lipinski definition) is 4. The van der Waals surface area contributed by atoms with Gasteiger partial charge >= 0.3 is 0 Å². The van der Waals surface area contributed by atoms with Crippen molar-refractivity contribution in [3.63, 3.8) is 0 Å². The molecule has 1 aliphatic heterocycles. The van der Waals surface area contributed by atoms with Crippen molar-refractivity contribution < 1.29 is 4.74 Å². The fraction of sp³-hybridized carbons (Fsp3) is 0.579. The molecule has 3 rings (SSSR count). The van der Waals surface area contributed by atoms with E-state index in [2.05, 4.69) is 16.9 Å². The van der Waals surface area contributed by atoms with E-state index in [-0.39, 0.29) is 29.7 Å². The Morgan fingerprint density at radius 3 is 1.88 bits per heavy atom. The molecule has 0 aliphatic carbocycles. The fourth-order valence-corrected chi connectivity index (χ4v) is 2.43. The summed E-state index contributed by atoms with van der Waals surface area (Å²) in [6.45, 7) is 8.14. The Labute approximate surface area is 169 Å². The molecule has 1 unspecified atom stereocenters. The third-order valence-corrected chi connectivity index (χ3v) is 3.88. The first-order valence-electron chi connectivity index (χ1n) is 6.71. The minimum atomic E-state index is 0. The molecule has 1 atom stereocenters. The molecule has 0 spiro atoms. The van der Waals surface area contributed by atoms with E-state index in [9.17, 15) is 0 Å². The number of thiazole rings is 1. The van der Waals surface area contributed by atoms with Crippen LogP contribution in [0.4, 0.5) is 0 Å². The predicted molar refractivity (Wildman–Crippen MR) is 117 cm³/mol. The maximum Gasteiger partial charge on any atom is 0.183 e. The Balaban J connectivity index is -0.000000123. The van der Waals surface area contributed by atoms with Crippen molar-refractivity contribution in [1.29, 1.82) is 0 Å². The summed E-state index contributed by atoms with van der Waals surface area (Å²) >= 11 is 12.5. The van der Waals surface area contributed by atoms with Crippen LogP contribution in [0.1, 0.15) is 53.5 Å². The molecule has 0 amide bonds. The van der Waals surface area contributed by atoms with Crippen molar-refractivity contribution in [2.24, 2.45) is 5.92 Å². The van der Waals surface area contributed by atoms with E-state index in [1.54, 1.807) is 18.5 Å². The maximum atomic E-state index is 5.50. The van der Waals surface area contributed by atoms with Crippen LogP contribution in [0.15, 0.2) is 24.5 Å². The largest absolute Gasteiger partial charge is 0.381 e. The van der Waals surface area contributed by atoms with Crippen molar-refractivity contribution in [3.05, 3.63) is 44.6 Å². The predicted octanol–water partition coefficient (Wildman–Crippen LogP) is 7.74. The summed E-state index contributed by atoms with van der Waals surface area (Å²) < 4.78 is 5.68. The number of hydrogen-bond donors (Lipinski definition) is 0. The molecule has 25 heavy (non-hydrogen) atoms.